The van der Waals surface area contributed by atoms with Crippen LogP contribution in [-0.4, -0.2) is 29.6 Å². The Morgan fingerprint density at radius 1 is 1.13 bits per heavy atom. The minimum atomic E-state index is -0.873. The number of ether oxygens (including phenoxy) is 1. The number of phenolic OH excluding ortho intramolecular Hbond substituents is 1. The molecule has 2 aromatic carbocycles. The molecule has 2 aromatic rings. The molecule has 0 unspecified atom stereocenters. The van der Waals surface area contributed by atoms with Crippen molar-refractivity contribution in [1.82, 2.24) is 0 Å². The number of hydrogen-bond donors (Lipinski definition) is 1. The molecule has 0 fully saturated rings. The molecule has 0 radical (unpaired) electrons. The monoisotopic (exact) mass is 311 g/mol. The molecule has 118 valence electrons. The minimum Gasteiger partial charge on any atom is -0.508 e. The quantitative estimate of drug-likeness (QED) is 0.885. The predicted molar refractivity (Wildman–Crippen MR) is 85.5 cm³/mol. The van der Waals surface area contributed by atoms with Crippen LogP contribution in [0, 0.1) is 0 Å². The number of carbonyl (C=O) groups is 2. The van der Waals surface area contributed by atoms with Crippen molar-refractivity contribution in [1.29, 1.82) is 0 Å². The summed E-state index contributed by atoms with van der Waals surface area (Å²) in [4.78, 5) is 26.3. The van der Waals surface area contributed by atoms with Crippen molar-refractivity contribution < 1.29 is 19.4 Å². The van der Waals surface area contributed by atoms with Crippen LogP contribution in [0.3, 0.4) is 0 Å². The maximum Gasteiger partial charge on any atom is 0.338 e. The van der Waals surface area contributed by atoms with Gasteiger partial charge in [-0.1, -0.05) is 18.2 Å². The topological polar surface area (TPSA) is 66.8 Å². The van der Waals surface area contributed by atoms with Crippen molar-refractivity contribution in [2.24, 2.45) is 0 Å². The average Bonchev–Trinajstić information content (AvgIpc) is 2.98. The Morgan fingerprint density at radius 2 is 1.83 bits per heavy atom. The van der Waals surface area contributed by atoms with Gasteiger partial charge in [0.2, 0.25) is 0 Å². The minimum absolute atomic E-state index is 0.0688. The summed E-state index contributed by atoms with van der Waals surface area (Å²) in [6.07, 6.45) is -0.0666. The highest BCUT2D eigenvalue weighted by molar-refractivity contribution is 6.00. The fourth-order valence-electron chi connectivity index (χ4n) is 2.66. The van der Waals surface area contributed by atoms with Gasteiger partial charge < -0.3 is 14.7 Å². The average molecular weight is 311 g/mol. The largest absolute Gasteiger partial charge is 0.508 e. The number of anilines is 1. The number of fused-ring (bicyclic) bond motifs is 1. The highest BCUT2D eigenvalue weighted by Gasteiger charge is 2.29. The van der Waals surface area contributed by atoms with Crippen LogP contribution in [0.15, 0.2) is 48.5 Å². The summed E-state index contributed by atoms with van der Waals surface area (Å²) in [5.41, 5.74) is 2.30. The van der Waals surface area contributed by atoms with Gasteiger partial charge in [-0.3, -0.25) is 4.79 Å². The Hall–Kier alpha value is -2.82. The highest BCUT2D eigenvalue weighted by atomic mass is 16.5. The Labute approximate surface area is 134 Å². The molecule has 5 nitrogen and oxygen atoms in total. The van der Waals surface area contributed by atoms with Crippen LogP contribution in [-0.2, 0) is 16.0 Å². The van der Waals surface area contributed by atoms with E-state index in [2.05, 4.69) is 0 Å². The van der Waals surface area contributed by atoms with E-state index in [1.54, 1.807) is 11.8 Å². The molecule has 0 saturated heterocycles. The van der Waals surface area contributed by atoms with Crippen molar-refractivity contribution in [3.8, 4) is 5.75 Å². The summed E-state index contributed by atoms with van der Waals surface area (Å²) in [5, 5.41) is 9.23. The smallest absolute Gasteiger partial charge is 0.338 e. The number of phenols is 1. The van der Waals surface area contributed by atoms with E-state index in [-0.39, 0.29) is 11.7 Å². The molecule has 3 rings (SSSR count). The molecule has 1 N–H and O–H groups in total. The third-order valence-electron chi connectivity index (χ3n) is 3.89. The number of aromatic hydroxyl groups is 1. The van der Waals surface area contributed by atoms with Gasteiger partial charge in [0.15, 0.2) is 6.10 Å². The van der Waals surface area contributed by atoms with Crippen LogP contribution in [0.2, 0.25) is 0 Å². The number of carbonyl (C=O) groups excluding carboxylic acids is 2. The molecule has 5 heteroatoms. The van der Waals surface area contributed by atoms with E-state index in [4.69, 9.17) is 4.74 Å². The van der Waals surface area contributed by atoms with Gasteiger partial charge in [0, 0.05) is 12.2 Å². The maximum absolute atomic E-state index is 12.5. The van der Waals surface area contributed by atoms with Crippen molar-refractivity contribution >= 4 is 17.6 Å². The molecular weight excluding hydrogens is 294 g/mol. The van der Waals surface area contributed by atoms with E-state index in [0.29, 0.717) is 12.1 Å². The van der Waals surface area contributed by atoms with E-state index in [9.17, 15) is 14.7 Å². The lowest BCUT2D eigenvalue weighted by Gasteiger charge is -2.21. The van der Waals surface area contributed by atoms with Gasteiger partial charge in [0.25, 0.3) is 5.91 Å². The number of esters is 1. The third-order valence-corrected chi connectivity index (χ3v) is 3.89. The predicted octanol–water partition coefficient (Wildman–Crippen LogP) is 2.53. The standard InChI is InChI=1S/C18H17NO4/c1-12(23-18(22)14-6-8-15(20)9-7-14)17(21)19-11-10-13-4-2-3-5-16(13)19/h2-9,12,20H,10-11H2,1H3/t12-/m0/s1. The SMILES string of the molecule is C[C@H](OC(=O)c1ccc(O)cc1)C(=O)N1CCc2ccccc21. The normalized spacial score (nSPS) is 14.2. The number of amides is 1. The van der Waals surface area contributed by atoms with Crippen LogP contribution < -0.4 is 4.90 Å². The molecule has 1 aliphatic rings. The molecule has 0 aromatic heterocycles. The first-order valence-corrected chi connectivity index (χ1v) is 7.45. The Bertz CT molecular complexity index is 739. The molecule has 1 heterocycles. The summed E-state index contributed by atoms with van der Waals surface area (Å²) in [5.74, 6) is -0.750. The summed E-state index contributed by atoms with van der Waals surface area (Å²) in [6, 6.07) is 13.4. The molecule has 1 amide bonds. The third kappa shape index (κ3) is 3.04. The lowest BCUT2D eigenvalue weighted by atomic mass is 10.2. The molecule has 23 heavy (non-hydrogen) atoms. The second-order valence-electron chi connectivity index (χ2n) is 5.46. The number of hydrogen-bond acceptors (Lipinski definition) is 4. The number of para-hydroxylation sites is 1. The Morgan fingerprint density at radius 3 is 2.57 bits per heavy atom. The zero-order valence-corrected chi connectivity index (χ0v) is 12.7. The zero-order valence-electron chi connectivity index (χ0n) is 12.7. The van der Waals surface area contributed by atoms with E-state index in [1.807, 2.05) is 24.3 Å². The first kappa shape index (κ1) is 15.1. The van der Waals surface area contributed by atoms with E-state index in [1.165, 1.54) is 24.3 Å². The van der Waals surface area contributed by atoms with Crippen molar-refractivity contribution in [2.75, 3.05) is 11.4 Å². The van der Waals surface area contributed by atoms with Crippen LogP contribution in [0.1, 0.15) is 22.8 Å². The van der Waals surface area contributed by atoms with E-state index in [0.717, 1.165) is 17.7 Å². The molecular formula is C18H17NO4. The van der Waals surface area contributed by atoms with Crippen LogP contribution in [0.25, 0.3) is 0 Å². The lowest BCUT2D eigenvalue weighted by Crippen LogP contribution is -2.39. The molecule has 0 spiro atoms. The first-order valence-electron chi connectivity index (χ1n) is 7.45. The van der Waals surface area contributed by atoms with Gasteiger partial charge in [0.1, 0.15) is 5.75 Å². The van der Waals surface area contributed by atoms with Crippen molar-refractivity contribution in [3.63, 3.8) is 0 Å². The molecule has 1 aliphatic heterocycles. The highest BCUT2D eigenvalue weighted by Crippen LogP contribution is 2.28. The zero-order chi connectivity index (χ0) is 16.4. The fraction of sp³-hybridized carbons (Fsp3) is 0.222. The molecule has 0 aliphatic carbocycles. The number of nitrogens with zero attached hydrogens (tertiary/aromatic N) is 1. The second-order valence-corrected chi connectivity index (χ2v) is 5.46. The van der Waals surface area contributed by atoms with Gasteiger partial charge in [-0.05, 0) is 49.2 Å². The summed E-state index contributed by atoms with van der Waals surface area (Å²) in [7, 11) is 0. The van der Waals surface area contributed by atoms with Gasteiger partial charge in [-0.15, -0.1) is 0 Å². The number of benzene rings is 2. The second kappa shape index (κ2) is 6.12. The van der Waals surface area contributed by atoms with Gasteiger partial charge >= 0.3 is 5.97 Å². The first-order chi connectivity index (χ1) is 11.1. The van der Waals surface area contributed by atoms with E-state index < -0.39 is 12.1 Å². The Kier molecular flexibility index (Phi) is 4.02. The maximum atomic E-state index is 12.5. The summed E-state index contributed by atoms with van der Waals surface area (Å²) in [6.45, 7) is 2.17. The lowest BCUT2D eigenvalue weighted by molar-refractivity contribution is -0.126. The summed E-state index contributed by atoms with van der Waals surface area (Å²) >= 11 is 0. The van der Waals surface area contributed by atoms with Gasteiger partial charge in [-0.25, -0.2) is 4.79 Å². The fourth-order valence-corrected chi connectivity index (χ4v) is 2.66. The van der Waals surface area contributed by atoms with Crippen LogP contribution >= 0.6 is 0 Å². The van der Waals surface area contributed by atoms with Gasteiger partial charge in [-0.2, -0.15) is 0 Å². The Balaban J connectivity index is 1.69. The number of rotatable bonds is 3. The van der Waals surface area contributed by atoms with Gasteiger partial charge in [0.05, 0.1) is 5.56 Å². The van der Waals surface area contributed by atoms with Crippen molar-refractivity contribution in [2.45, 2.75) is 19.4 Å². The van der Waals surface area contributed by atoms with Crippen LogP contribution in [0.4, 0.5) is 5.69 Å². The summed E-state index contributed by atoms with van der Waals surface area (Å²) < 4.78 is 5.25. The van der Waals surface area contributed by atoms with E-state index >= 15 is 0 Å². The van der Waals surface area contributed by atoms with Crippen LogP contribution in [0.5, 0.6) is 5.75 Å². The molecule has 1 atom stereocenters. The molecule has 0 saturated carbocycles. The van der Waals surface area contributed by atoms with Crippen molar-refractivity contribution in [3.05, 3.63) is 59.7 Å². The molecule has 0 bridgehead atoms.